The molecule has 4 rings (SSSR count). The van der Waals surface area contributed by atoms with Crippen molar-refractivity contribution in [3.05, 3.63) is 83.7 Å². The van der Waals surface area contributed by atoms with Crippen molar-refractivity contribution >= 4 is 43.0 Å². The lowest BCUT2D eigenvalue weighted by Gasteiger charge is -2.20. The summed E-state index contributed by atoms with van der Waals surface area (Å²) in [7, 11) is -2.26. The number of hydrogen-bond acceptors (Lipinski definition) is 5. The van der Waals surface area contributed by atoms with E-state index in [1.54, 1.807) is 54.0 Å². The third-order valence-electron chi connectivity index (χ3n) is 4.81. The van der Waals surface area contributed by atoms with E-state index in [2.05, 4.69) is 0 Å². The molecule has 1 amide bonds. The van der Waals surface area contributed by atoms with Crippen LogP contribution < -0.4 is 9.79 Å². The van der Waals surface area contributed by atoms with Gasteiger partial charge in [0.15, 0.2) is 0 Å². The van der Waals surface area contributed by atoms with Crippen LogP contribution in [0.1, 0.15) is 9.67 Å². The Balaban J connectivity index is 1.64. The van der Waals surface area contributed by atoms with E-state index < -0.39 is 15.9 Å². The topological polar surface area (TPSA) is 86.7 Å². The fraction of sp³-hybridized carbons (Fsp3) is 0.0455. The summed E-state index contributed by atoms with van der Waals surface area (Å²) in [5.74, 6) is -0.600. The van der Waals surface area contributed by atoms with Gasteiger partial charge in [-0.1, -0.05) is 42.5 Å². The van der Waals surface area contributed by atoms with Crippen molar-refractivity contribution in [3.63, 3.8) is 0 Å². The Kier molecular flexibility index (Phi) is 5.29. The lowest BCUT2D eigenvalue weighted by Crippen LogP contribution is -2.26. The van der Waals surface area contributed by atoms with E-state index >= 15 is 0 Å². The van der Waals surface area contributed by atoms with Crippen LogP contribution in [0.5, 0.6) is 0 Å². The van der Waals surface area contributed by atoms with Gasteiger partial charge in [0, 0.05) is 11.7 Å². The van der Waals surface area contributed by atoms with Gasteiger partial charge in [0.05, 0.1) is 15.5 Å². The van der Waals surface area contributed by atoms with Gasteiger partial charge in [0.1, 0.15) is 0 Å². The number of benzene rings is 3. The zero-order chi connectivity index (χ0) is 21.3. The summed E-state index contributed by atoms with van der Waals surface area (Å²) in [5, 5.41) is 9.52. The predicted octanol–water partition coefficient (Wildman–Crippen LogP) is 4.51. The van der Waals surface area contributed by atoms with Gasteiger partial charge in [0.25, 0.3) is 15.9 Å². The number of nitrogens with one attached hydrogen (secondary N) is 1. The van der Waals surface area contributed by atoms with Crippen molar-refractivity contribution in [2.45, 2.75) is 4.90 Å². The first-order chi connectivity index (χ1) is 14.4. The van der Waals surface area contributed by atoms with E-state index in [0.29, 0.717) is 10.6 Å². The summed E-state index contributed by atoms with van der Waals surface area (Å²) >= 11 is 1.21. The van der Waals surface area contributed by atoms with Crippen molar-refractivity contribution in [2.24, 2.45) is 0 Å². The maximum atomic E-state index is 13.1. The van der Waals surface area contributed by atoms with Crippen LogP contribution in [0.25, 0.3) is 21.2 Å². The lowest BCUT2D eigenvalue weighted by atomic mass is 10.1. The molecule has 152 valence electrons. The van der Waals surface area contributed by atoms with Crippen LogP contribution in [-0.4, -0.2) is 26.6 Å². The minimum absolute atomic E-state index is 0.190. The van der Waals surface area contributed by atoms with Gasteiger partial charge in [-0.05, 0) is 52.9 Å². The highest BCUT2D eigenvalue weighted by Crippen LogP contribution is 2.31. The number of carbonyl (C=O) groups excluding carboxylic acids is 1. The number of carbonyl (C=O) groups is 1. The van der Waals surface area contributed by atoms with Crippen molar-refractivity contribution in [3.8, 4) is 11.1 Å². The highest BCUT2D eigenvalue weighted by Gasteiger charge is 2.22. The third kappa shape index (κ3) is 3.68. The normalized spacial score (nSPS) is 11.4. The summed E-state index contributed by atoms with van der Waals surface area (Å²) in [6, 6.07) is 23.3. The second kappa shape index (κ2) is 7.91. The highest BCUT2D eigenvalue weighted by molar-refractivity contribution is 7.92. The summed E-state index contributed by atoms with van der Waals surface area (Å²) in [6.07, 6.45) is 0. The molecular weight excluding hydrogens is 420 g/mol. The second-order valence-electron chi connectivity index (χ2n) is 6.64. The smallest absolute Gasteiger partial charge is 0.284 e. The molecule has 0 atom stereocenters. The Morgan fingerprint density at radius 3 is 2.27 bits per heavy atom. The molecule has 8 heteroatoms. The third-order valence-corrected chi connectivity index (χ3v) is 7.72. The van der Waals surface area contributed by atoms with E-state index in [1.165, 1.54) is 22.7 Å². The Morgan fingerprint density at radius 1 is 0.933 bits per heavy atom. The van der Waals surface area contributed by atoms with Crippen molar-refractivity contribution in [1.82, 2.24) is 5.48 Å². The first kappa shape index (κ1) is 20.1. The monoisotopic (exact) mass is 438 g/mol. The van der Waals surface area contributed by atoms with E-state index in [0.717, 1.165) is 21.2 Å². The molecule has 6 nitrogen and oxygen atoms in total. The molecule has 0 bridgehead atoms. The van der Waals surface area contributed by atoms with Crippen LogP contribution in [0.3, 0.4) is 0 Å². The van der Waals surface area contributed by atoms with Gasteiger partial charge in [-0.25, -0.2) is 13.9 Å². The van der Waals surface area contributed by atoms with Crippen LogP contribution >= 0.6 is 11.3 Å². The first-order valence-electron chi connectivity index (χ1n) is 9.02. The van der Waals surface area contributed by atoms with Gasteiger partial charge >= 0.3 is 0 Å². The van der Waals surface area contributed by atoms with Gasteiger partial charge in [-0.15, -0.1) is 11.3 Å². The van der Waals surface area contributed by atoms with Gasteiger partial charge in [-0.3, -0.25) is 14.3 Å². The number of hydroxylamine groups is 1. The number of fused-ring (bicyclic) bond motifs is 1. The zero-order valence-electron chi connectivity index (χ0n) is 15.9. The van der Waals surface area contributed by atoms with Gasteiger partial charge in [0.2, 0.25) is 0 Å². The number of hydrogen-bond donors (Lipinski definition) is 2. The molecule has 0 saturated carbocycles. The second-order valence-corrected chi connectivity index (χ2v) is 9.69. The average Bonchev–Trinajstić information content (AvgIpc) is 3.22. The van der Waals surface area contributed by atoms with Crippen molar-refractivity contribution in [2.75, 3.05) is 11.4 Å². The Bertz CT molecular complexity index is 1310. The molecule has 0 saturated heterocycles. The minimum Gasteiger partial charge on any atom is -0.288 e. The summed E-state index contributed by atoms with van der Waals surface area (Å²) in [5.41, 5.74) is 4.03. The van der Waals surface area contributed by atoms with Crippen LogP contribution in [-0.2, 0) is 10.0 Å². The van der Waals surface area contributed by atoms with Crippen LogP contribution in [0.15, 0.2) is 83.8 Å². The molecule has 0 aliphatic rings. The molecule has 1 aromatic heterocycles. The van der Waals surface area contributed by atoms with Gasteiger partial charge < -0.3 is 0 Å². The zero-order valence-corrected chi connectivity index (χ0v) is 17.6. The number of nitrogens with zero attached hydrogens (tertiary/aromatic N) is 1. The van der Waals surface area contributed by atoms with E-state index in [-0.39, 0.29) is 4.90 Å². The van der Waals surface area contributed by atoms with E-state index in [4.69, 9.17) is 5.21 Å². The fourth-order valence-electron chi connectivity index (χ4n) is 3.14. The molecule has 0 radical (unpaired) electrons. The quantitative estimate of drug-likeness (QED) is 0.354. The summed E-state index contributed by atoms with van der Waals surface area (Å²) in [4.78, 5) is 12.1. The molecule has 0 fully saturated rings. The van der Waals surface area contributed by atoms with Crippen molar-refractivity contribution in [1.29, 1.82) is 0 Å². The Hall–Kier alpha value is -3.20. The molecule has 30 heavy (non-hydrogen) atoms. The molecule has 0 unspecified atom stereocenters. The van der Waals surface area contributed by atoms with Gasteiger partial charge in [-0.2, -0.15) is 0 Å². The number of sulfonamides is 1. The number of rotatable bonds is 5. The summed E-state index contributed by atoms with van der Waals surface area (Å²) in [6.45, 7) is 0. The van der Waals surface area contributed by atoms with Crippen LogP contribution in [0.4, 0.5) is 5.69 Å². The minimum atomic E-state index is -3.76. The molecule has 3 aromatic carbocycles. The molecule has 1 heterocycles. The molecule has 4 aromatic rings. The maximum absolute atomic E-state index is 13.1. The van der Waals surface area contributed by atoms with E-state index in [9.17, 15) is 13.2 Å². The first-order valence-corrected chi connectivity index (χ1v) is 11.3. The van der Waals surface area contributed by atoms with Crippen LogP contribution in [0.2, 0.25) is 0 Å². The Labute approximate surface area is 178 Å². The molecule has 0 spiro atoms. The molecule has 0 aliphatic heterocycles. The predicted molar refractivity (Wildman–Crippen MR) is 119 cm³/mol. The SMILES string of the molecule is CN(c1ccc2sc(C(=O)NO)cc2c1)S(=O)(=O)c1ccc(-c2ccccc2)cc1. The average molecular weight is 439 g/mol. The number of amides is 1. The highest BCUT2D eigenvalue weighted by atomic mass is 32.2. The van der Waals surface area contributed by atoms with Crippen LogP contribution in [0, 0.1) is 0 Å². The van der Waals surface area contributed by atoms with Crippen molar-refractivity contribution < 1.29 is 18.4 Å². The number of anilines is 1. The summed E-state index contributed by atoms with van der Waals surface area (Å²) < 4.78 is 28.2. The largest absolute Gasteiger partial charge is 0.288 e. The molecule has 2 N–H and O–H groups in total. The fourth-order valence-corrected chi connectivity index (χ4v) is 5.26. The lowest BCUT2D eigenvalue weighted by molar-refractivity contribution is 0.0711. The standard InChI is InChI=1S/C22H18N2O4S2/c1-24(18-9-12-20-17(13-18)14-21(29-20)22(25)23-26)30(27,28)19-10-7-16(8-11-19)15-5-3-2-4-6-15/h2-14,26H,1H3,(H,23,25). The molecule has 0 aliphatic carbocycles. The molecular formula is C22H18N2O4S2. The Morgan fingerprint density at radius 2 is 1.60 bits per heavy atom. The van der Waals surface area contributed by atoms with E-state index in [1.807, 2.05) is 30.3 Å². The maximum Gasteiger partial charge on any atom is 0.284 e. The number of thiophene rings is 1.